The maximum Gasteiger partial charge on any atom is 0.270 e. The van der Waals surface area contributed by atoms with Gasteiger partial charge in [0.25, 0.3) is 5.91 Å². The molecule has 0 saturated heterocycles. The Bertz CT molecular complexity index is 540. The second kappa shape index (κ2) is 9.28. The van der Waals surface area contributed by atoms with E-state index in [1.165, 1.54) is 37.6 Å². The third-order valence-corrected chi connectivity index (χ3v) is 4.04. The molecule has 0 atom stereocenters. The molecule has 0 fully saturated rings. The van der Waals surface area contributed by atoms with Gasteiger partial charge in [0.2, 0.25) is 0 Å². The topological polar surface area (TPSA) is 66.9 Å². The molecule has 1 heterocycles. The van der Waals surface area contributed by atoms with Crippen LogP contribution in [-0.2, 0) is 0 Å². The lowest BCUT2D eigenvalue weighted by Gasteiger charge is -2.13. The van der Waals surface area contributed by atoms with Gasteiger partial charge >= 0.3 is 0 Å². The van der Waals surface area contributed by atoms with Crippen molar-refractivity contribution in [2.75, 3.05) is 18.4 Å². The summed E-state index contributed by atoms with van der Waals surface area (Å²) in [5.74, 6) is 1.22. The summed E-state index contributed by atoms with van der Waals surface area (Å²) < 4.78 is 0. The Morgan fingerprint density at radius 1 is 1.26 bits per heavy atom. The predicted octanol–water partition coefficient (Wildman–Crippen LogP) is 3.55. The molecule has 0 aliphatic heterocycles. The predicted molar refractivity (Wildman–Crippen MR) is 93.5 cm³/mol. The summed E-state index contributed by atoms with van der Waals surface area (Å²) in [5.41, 5.74) is 1.89. The van der Waals surface area contributed by atoms with Crippen LogP contribution in [0.2, 0.25) is 0 Å². The van der Waals surface area contributed by atoms with Crippen molar-refractivity contribution in [3.05, 3.63) is 29.7 Å². The van der Waals surface area contributed by atoms with Crippen molar-refractivity contribution in [1.29, 1.82) is 0 Å². The highest BCUT2D eigenvalue weighted by Gasteiger charge is 2.09. The Labute approximate surface area is 139 Å². The van der Waals surface area contributed by atoms with Crippen molar-refractivity contribution in [2.45, 2.75) is 52.4 Å². The van der Waals surface area contributed by atoms with Gasteiger partial charge in [-0.05, 0) is 44.4 Å². The highest BCUT2D eigenvalue weighted by atomic mass is 16.1. The summed E-state index contributed by atoms with van der Waals surface area (Å²) in [5, 5.41) is 6.19. The van der Waals surface area contributed by atoms with Gasteiger partial charge in [0.05, 0.1) is 0 Å². The first kappa shape index (κ1) is 17.4. The van der Waals surface area contributed by atoms with Gasteiger partial charge in [-0.2, -0.15) is 0 Å². The van der Waals surface area contributed by atoms with E-state index < -0.39 is 0 Å². The lowest BCUT2D eigenvalue weighted by atomic mass is 9.97. The lowest BCUT2D eigenvalue weighted by molar-refractivity contribution is 0.0949. The second-order valence-electron chi connectivity index (χ2n) is 6.51. The number of hydrogen-bond donors (Lipinski definition) is 2. The summed E-state index contributed by atoms with van der Waals surface area (Å²) >= 11 is 0. The molecule has 0 unspecified atom stereocenters. The fourth-order valence-electron chi connectivity index (χ4n) is 2.63. The van der Waals surface area contributed by atoms with Crippen LogP contribution in [0, 0.1) is 5.92 Å². The Morgan fingerprint density at radius 3 is 2.87 bits per heavy atom. The zero-order valence-corrected chi connectivity index (χ0v) is 14.3. The fourth-order valence-corrected chi connectivity index (χ4v) is 2.63. The van der Waals surface area contributed by atoms with E-state index in [-0.39, 0.29) is 5.91 Å². The molecule has 1 amide bonds. The average molecular weight is 316 g/mol. The van der Waals surface area contributed by atoms with E-state index in [9.17, 15) is 4.79 Å². The maximum absolute atomic E-state index is 12.2. The number of nitrogens with zero attached hydrogens (tertiary/aromatic N) is 2. The molecule has 126 valence electrons. The second-order valence-corrected chi connectivity index (χ2v) is 6.51. The summed E-state index contributed by atoms with van der Waals surface area (Å²) in [6, 6.07) is 1.72. The minimum atomic E-state index is -0.129. The largest absolute Gasteiger partial charge is 0.370 e. The number of allylic oxidation sites excluding steroid dienone is 1. The van der Waals surface area contributed by atoms with Crippen molar-refractivity contribution in [3.63, 3.8) is 0 Å². The van der Waals surface area contributed by atoms with Gasteiger partial charge in [-0.15, -0.1) is 0 Å². The third-order valence-electron chi connectivity index (χ3n) is 4.04. The molecule has 0 radical (unpaired) electrons. The molecule has 5 heteroatoms. The van der Waals surface area contributed by atoms with Crippen LogP contribution in [0.1, 0.15) is 62.9 Å². The van der Waals surface area contributed by atoms with Crippen LogP contribution in [-0.4, -0.2) is 29.0 Å². The number of carbonyl (C=O) groups is 1. The quantitative estimate of drug-likeness (QED) is 0.720. The highest BCUT2D eigenvalue weighted by Crippen LogP contribution is 2.19. The maximum atomic E-state index is 12.2. The average Bonchev–Trinajstić information content (AvgIpc) is 2.56. The Morgan fingerprint density at radius 2 is 2.13 bits per heavy atom. The van der Waals surface area contributed by atoms with Crippen LogP contribution in [0.4, 0.5) is 5.82 Å². The smallest absolute Gasteiger partial charge is 0.270 e. The van der Waals surface area contributed by atoms with Gasteiger partial charge < -0.3 is 10.6 Å². The molecule has 5 nitrogen and oxygen atoms in total. The van der Waals surface area contributed by atoms with Gasteiger partial charge in [0.1, 0.15) is 17.8 Å². The summed E-state index contributed by atoms with van der Waals surface area (Å²) in [7, 11) is 0. The molecule has 1 aromatic heterocycles. The minimum Gasteiger partial charge on any atom is -0.370 e. The SMILES string of the molecule is CC(C)CCNc1cc(C(=O)NCCC2=CCCCC2)ncn1. The van der Waals surface area contributed by atoms with Gasteiger partial charge in [-0.1, -0.05) is 25.5 Å². The first-order chi connectivity index (χ1) is 11.1. The van der Waals surface area contributed by atoms with Crippen LogP contribution < -0.4 is 10.6 Å². The molecule has 0 spiro atoms. The van der Waals surface area contributed by atoms with Crippen molar-refractivity contribution in [2.24, 2.45) is 5.92 Å². The number of rotatable bonds is 8. The molecule has 1 aliphatic carbocycles. The van der Waals surface area contributed by atoms with Crippen molar-refractivity contribution in [3.8, 4) is 0 Å². The van der Waals surface area contributed by atoms with Crippen molar-refractivity contribution < 1.29 is 4.79 Å². The molecular formula is C18H28N4O. The Hall–Kier alpha value is -1.91. The molecule has 0 bridgehead atoms. The zero-order chi connectivity index (χ0) is 16.5. The van der Waals surface area contributed by atoms with E-state index >= 15 is 0 Å². The van der Waals surface area contributed by atoms with E-state index in [0.29, 0.717) is 24.0 Å². The third kappa shape index (κ3) is 6.38. The van der Waals surface area contributed by atoms with E-state index in [1.54, 1.807) is 6.07 Å². The van der Waals surface area contributed by atoms with Crippen molar-refractivity contribution in [1.82, 2.24) is 15.3 Å². The molecular weight excluding hydrogens is 288 g/mol. The van der Waals surface area contributed by atoms with E-state index in [0.717, 1.165) is 19.4 Å². The van der Waals surface area contributed by atoms with E-state index in [4.69, 9.17) is 0 Å². The first-order valence-electron chi connectivity index (χ1n) is 8.67. The standard InChI is InChI=1S/C18H28N4O/c1-14(2)8-10-19-17-12-16(21-13-22-17)18(23)20-11-9-15-6-4-3-5-7-15/h6,12-14H,3-5,7-11H2,1-2H3,(H,20,23)(H,19,21,22). The van der Waals surface area contributed by atoms with E-state index in [1.807, 2.05) is 0 Å². The molecule has 2 N–H and O–H groups in total. The minimum absolute atomic E-state index is 0.129. The number of anilines is 1. The van der Waals surface area contributed by atoms with Gasteiger partial charge in [-0.25, -0.2) is 9.97 Å². The normalized spacial score (nSPS) is 14.5. The van der Waals surface area contributed by atoms with Gasteiger partial charge in [0, 0.05) is 19.2 Å². The Kier molecular flexibility index (Phi) is 7.04. The monoisotopic (exact) mass is 316 g/mol. The Balaban J connectivity index is 1.78. The van der Waals surface area contributed by atoms with Crippen LogP contribution in [0.3, 0.4) is 0 Å². The number of aromatic nitrogens is 2. The van der Waals surface area contributed by atoms with Crippen LogP contribution >= 0.6 is 0 Å². The summed E-state index contributed by atoms with van der Waals surface area (Å²) in [4.78, 5) is 20.4. The molecule has 23 heavy (non-hydrogen) atoms. The van der Waals surface area contributed by atoms with Gasteiger partial charge in [0.15, 0.2) is 0 Å². The number of nitrogens with one attached hydrogen (secondary N) is 2. The summed E-state index contributed by atoms with van der Waals surface area (Å²) in [6.45, 7) is 5.89. The molecule has 2 rings (SSSR count). The fraction of sp³-hybridized carbons (Fsp3) is 0.611. The highest BCUT2D eigenvalue weighted by molar-refractivity contribution is 5.92. The van der Waals surface area contributed by atoms with Gasteiger partial charge in [-0.3, -0.25) is 4.79 Å². The lowest BCUT2D eigenvalue weighted by Crippen LogP contribution is -2.26. The number of amides is 1. The van der Waals surface area contributed by atoms with Crippen LogP contribution in [0.25, 0.3) is 0 Å². The van der Waals surface area contributed by atoms with Crippen LogP contribution in [0.15, 0.2) is 24.0 Å². The first-order valence-corrected chi connectivity index (χ1v) is 8.67. The van der Waals surface area contributed by atoms with Crippen molar-refractivity contribution >= 4 is 11.7 Å². The zero-order valence-electron chi connectivity index (χ0n) is 14.3. The van der Waals surface area contributed by atoms with E-state index in [2.05, 4.69) is 40.5 Å². The molecule has 0 saturated carbocycles. The van der Waals surface area contributed by atoms with Crippen LogP contribution in [0.5, 0.6) is 0 Å². The molecule has 0 aromatic carbocycles. The molecule has 1 aliphatic rings. The molecule has 1 aromatic rings. The number of hydrogen-bond acceptors (Lipinski definition) is 4. The number of carbonyl (C=O) groups excluding carboxylic acids is 1. The summed E-state index contributed by atoms with van der Waals surface area (Å²) in [6.07, 6.45) is 10.7.